The number of amides is 2. The van der Waals surface area contributed by atoms with E-state index in [4.69, 9.17) is 5.26 Å². The highest BCUT2D eigenvalue weighted by Crippen LogP contribution is 2.19. The van der Waals surface area contributed by atoms with Crippen LogP contribution in [-0.2, 0) is 16.0 Å². The molecule has 0 aliphatic heterocycles. The highest BCUT2D eigenvalue weighted by atomic mass is 16.2. The number of para-hydroxylation sites is 1. The lowest BCUT2D eigenvalue weighted by atomic mass is 9.98. The van der Waals surface area contributed by atoms with Gasteiger partial charge in [0.1, 0.15) is 0 Å². The van der Waals surface area contributed by atoms with Crippen LogP contribution >= 0.6 is 0 Å². The fraction of sp³-hybridized carbons (Fsp3) is 0.222. The maximum atomic E-state index is 12.8. The minimum absolute atomic E-state index is 0.0823. The lowest BCUT2D eigenvalue weighted by molar-refractivity contribution is -0.125. The predicted molar refractivity (Wildman–Crippen MR) is 126 cm³/mol. The molecule has 1 atom stereocenters. The van der Waals surface area contributed by atoms with Gasteiger partial charge in [-0.05, 0) is 29.7 Å². The number of hydrogen-bond donors (Lipinski definition) is 1. The Morgan fingerprint density at radius 1 is 0.844 bits per heavy atom. The fourth-order valence-corrected chi connectivity index (χ4v) is 3.58. The molecule has 5 heteroatoms. The first-order valence-corrected chi connectivity index (χ1v) is 10.8. The van der Waals surface area contributed by atoms with Gasteiger partial charge < -0.3 is 10.2 Å². The Morgan fingerprint density at radius 2 is 1.44 bits per heavy atom. The zero-order valence-corrected chi connectivity index (χ0v) is 18.0. The third-order valence-corrected chi connectivity index (χ3v) is 5.20. The number of rotatable bonds is 10. The molecular weight excluding hydrogens is 398 g/mol. The average molecular weight is 426 g/mol. The fourth-order valence-electron chi connectivity index (χ4n) is 3.58. The largest absolute Gasteiger partial charge is 0.349 e. The van der Waals surface area contributed by atoms with Crippen LogP contribution in [0.2, 0.25) is 0 Å². The second-order valence-corrected chi connectivity index (χ2v) is 7.51. The van der Waals surface area contributed by atoms with Gasteiger partial charge in [0.2, 0.25) is 11.8 Å². The van der Waals surface area contributed by atoms with Crippen molar-refractivity contribution >= 4 is 17.5 Å². The summed E-state index contributed by atoms with van der Waals surface area (Å²) in [4.78, 5) is 27.2. The number of carbonyl (C=O) groups is 2. The Balaban J connectivity index is 1.63. The molecule has 0 aliphatic rings. The van der Waals surface area contributed by atoms with Crippen LogP contribution in [0.15, 0.2) is 91.0 Å². The van der Waals surface area contributed by atoms with Crippen molar-refractivity contribution in [3.63, 3.8) is 0 Å². The summed E-state index contributed by atoms with van der Waals surface area (Å²) in [6.07, 6.45) is 1.08. The molecule has 0 radical (unpaired) electrons. The summed E-state index contributed by atoms with van der Waals surface area (Å²) < 4.78 is 0. The lowest BCUT2D eigenvalue weighted by Gasteiger charge is -2.22. The van der Waals surface area contributed by atoms with Gasteiger partial charge in [0.05, 0.1) is 18.5 Å². The molecule has 0 aromatic heterocycles. The molecule has 0 spiro atoms. The highest BCUT2D eigenvalue weighted by molar-refractivity contribution is 5.95. The first-order chi connectivity index (χ1) is 15.7. The van der Waals surface area contributed by atoms with Crippen LogP contribution in [0, 0.1) is 11.3 Å². The zero-order valence-electron chi connectivity index (χ0n) is 18.0. The summed E-state index contributed by atoms with van der Waals surface area (Å²) in [6, 6.07) is 31.0. The Labute approximate surface area is 189 Å². The van der Waals surface area contributed by atoms with Crippen LogP contribution in [0.1, 0.15) is 36.4 Å². The molecule has 32 heavy (non-hydrogen) atoms. The highest BCUT2D eigenvalue weighted by Gasteiger charge is 2.19. The van der Waals surface area contributed by atoms with Gasteiger partial charge in [-0.3, -0.25) is 9.59 Å². The molecule has 0 bridgehead atoms. The van der Waals surface area contributed by atoms with E-state index in [0.717, 1.165) is 16.8 Å². The van der Waals surface area contributed by atoms with Gasteiger partial charge in [0, 0.05) is 25.1 Å². The number of nitrogens with zero attached hydrogens (tertiary/aromatic N) is 2. The van der Waals surface area contributed by atoms with Crippen LogP contribution in [0.25, 0.3) is 0 Å². The van der Waals surface area contributed by atoms with Crippen LogP contribution in [-0.4, -0.2) is 18.4 Å². The van der Waals surface area contributed by atoms with E-state index in [1.54, 1.807) is 4.90 Å². The number of nitrogens with one attached hydrogen (secondary N) is 1. The van der Waals surface area contributed by atoms with E-state index < -0.39 is 0 Å². The summed E-state index contributed by atoms with van der Waals surface area (Å²) in [7, 11) is 0. The lowest BCUT2D eigenvalue weighted by Crippen LogP contribution is -2.34. The minimum Gasteiger partial charge on any atom is -0.349 e. The second kappa shape index (κ2) is 12.1. The van der Waals surface area contributed by atoms with Crippen molar-refractivity contribution in [2.75, 3.05) is 11.4 Å². The van der Waals surface area contributed by atoms with Crippen molar-refractivity contribution in [1.29, 1.82) is 5.26 Å². The number of anilines is 1. The topological polar surface area (TPSA) is 73.2 Å². The molecule has 3 aromatic rings. The zero-order chi connectivity index (χ0) is 22.6. The molecular formula is C27H27N3O2. The van der Waals surface area contributed by atoms with E-state index >= 15 is 0 Å². The van der Waals surface area contributed by atoms with Gasteiger partial charge >= 0.3 is 0 Å². The molecule has 3 rings (SSSR count). The van der Waals surface area contributed by atoms with E-state index in [0.29, 0.717) is 13.0 Å². The summed E-state index contributed by atoms with van der Waals surface area (Å²) in [5.41, 5.74) is 2.89. The molecule has 1 unspecified atom stereocenters. The van der Waals surface area contributed by atoms with Crippen LogP contribution in [0.5, 0.6) is 0 Å². The third-order valence-electron chi connectivity index (χ3n) is 5.20. The Morgan fingerprint density at radius 3 is 2.06 bits per heavy atom. The maximum Gasteiger partial charge on any atom is 0.227 e. The molecule has 0 saturated carbocycles. The van der Waals surface area contributed by atoms with E-state index in [1.165, 1.54) is 0 Å². The quantitative estimate of drug-likeness (QED) is 0.506. The molecule has 0 aliphatic carbocycles. The third kappa shape index (κ3) is 6.82. The van der Waals surface area contributed by atoms with Crippen molar-refractivity contribution in [2.45, 2.75) is 31.7 Å². The Hall–Kier alpha value is -3.91. The van der Waals surface area contributed by atoms with Gasteiger partial charge in [0.15, 0.2) is 0 Å². The minimum atomic E-state index is -0.176. The van der Waals surface area contributed by atoms with Crippen molar-refractivity contribution in [3.8, 4) is 6.07 Å². The van der Waals surface area contributed by atoms with E-state index in [1.807, 2.05) is 91.0 Å². The van der Waals surface area contributed by atoms with Crippen LogP contribution in [0.4, 0.5) is 5.69 Å². The van der Waals surface area contributed by atoms with E-state index in [2.05, 4.69) is 11.4 Å². The van der Waals surface area contributed by atoms with Gasteiger partial charge in [-0.2, -0.15) is 5.26 Å². The molecule has 162 valence electrons. The summed E-state index contributed by atoms with van der Waals surface area (Å²) in [5, 5.41) is 12.0. The molecule has 0 fully saturated rings. The number of benzene rings is 3. The van der Waals surface area contributed by atoms with Crippen LogP contribution in [0.3, 0.4) is 0 Å². The van der Waals surface area contributed by atoms with Crippen molar-refractivity contribution in [3.05, 3.63) is 102 Å². The Kier molecular flexibility index (Phi) is 8.59. The van der Waals surface area contributed by atoms with E-state index in [-0.39, 0.29) is 37.1 Å². The van der Waals surface area contributed by atoms with Crippen molar-refractivity contribution < 1.29 is 9.59 Å². The first-order valence-electron chi connectivity index (χ1n) is 10.8. The van der Waals surface area contributed by atoms with Crippen molar-refractivity contribution in [1.82, 2.24) is 5.32 Å². The molecule has 5 nitrogen and oxygen atoms in total. The van der Waals surface area contributed by atoms with Crippen molar-refractivity contribution in [2.24, 2.45) is 0 Å². The molecule has 0 saturated heterocycles. The number of hydrogen-bond acceptors (Lipinski definition) is 3. The average Bonchev–Trinajstić information content (AvgIpc) is 2.84. The molecule has 2 amide bonds. The first kappa shape index (κ1) is 22.8. The standard InChI is InChI=1S/C27H27N3O2/c28-19-10-20-30(24-15-8-3-9-16-24)27(32)18-17-26(31)29-25(23-13-6-2-7-14-23)21-22-11-4-1-5-12-22/h1-9,11-16,25H,10,17-18,20-21H2,(H,29,31). The summed E-state index contributed by atoms with van der Waals surface area (Å²) >= 11 is 0. The monoisotopic (exact) mass is 425 g/mol. The van der Waals surface area contributed by atoms with Gasteiger partial charge in [-0.1, -0.05) is 78.9 Å². The molecule has 1 N–H and O–H groups in total. The Bertz CT molecular complexity index is 1030. The second-order valence-electron chi connectivity index (χ2n) is 7.51. The SMILES string of the molecule is N#CCCN(C(=O)CCC(=O)NC(Cc1ccccc1)c1ccccc1)c1ccccc1. The number of nitriles is 1. The van der Waals surface area contributed by atoms with Crippen LogP contribution < -0.4 is 10.2 Å². The van der Waals surface area contributed by atoms with Gasteiger partial charge in [0.25, 0.3) is 0 Å². The summed E-state index contributed by atoms with van der Waals surface area (Å²) in [5.74, 6) is -0.336. The maximum absolute atomic E-state index is 12.8. The normalized spacial score (nSPS) is 11.2. The number of carbonyl (C=O) groups excluding carboxylic acids is 2. The van der Waals surface area contributed by atoms with Gasteiger partial charge in [-0.25, -0.2) is 0 Å². The summed E-state index contributed by atoms with van der Waals surface area (Å²) in [6.45, 7) is 0.307. The van der Waals surface area contributed by atoms with Gasteiger partial charge in [-0.15, -0.1) is 0 Å². The molecule has 0 heterocycles. The molecule has 3 aromatic carbocycles. The van der Waals surface area contributed by atoms with E-state index in [9.17, 15) is 9.59 Å². The predicted octanol–water partition coefficient (Wildman–Crippen LogP) is 4.81. The smallest absolute Gasteiger partial charge is 0.227 e.